The van der Waals surface area contributed by atoms with E-state index in [1.54, 1.807) is 0 Å². The molecular weight excluding hydrogens is 396 g/mol. The van der Waals surface area contributed by atoms with E-state index >= 15 is 0 Å². The maximum absolute atomic E-state index is 6.31. The number of hydrogen-bond acceptors (Lipinski definition) is 3. The van der Waals surface area contributed by atoms with Gasteiger partial charge in [-0.05, 0) is 67.1 Å². The standard InChI is InChI=1S/C28H32N2O2/c1-21(2)24-16-15-22(3)19-27(24)32-20-28-29-25-13-7-8-14-26(25)30(28)17-9-10-18-31-23-11-5-4-6-12-23/h4-8,11-16,19,21H,9-10,17-18,20H2,1-3H3. The zero-order valence-corrected chi connectivity index (χ0v) is 19.3. The Bertz CT molecular complexity index is 1150. The van der Waals surface area contributed by atoms with Crippen molar-refractivity contribution in [2.75, 3.05) is 6.61 Å². The first-order valence-electron chi connectivity index (χ1n) is 11.5. The van der Waals surface area contributed by atoms with Gasteiger partial charge in [-0.2, -0.15) is 0 Å². The largest absolute Gasteiger partial charge is 0.494 e. The number of nitrogens with zero attached hydrogens (tertiary/aromatic N) is 2. The molecule has 4 heteroatoms. The van der Waals surface area contributed by atoms with Crippen molar-refractivity contribution in [2.24, 2.45) is 0 Å². The summed E-state index contributed by atoms with van der Waals surface area (Å²) in [6, 6.07) is 24.8. The molecule has 0 fully saturated rings. The smallest absolute Gasteiger partial charge is 0.147 e. The van der Waals surface area contributed by atoms with E-state index in [0.29, 0.717) is 19.1 Å². The number of ether oxygens (including phenoxy) is 2. The van der Waals surface area contributed by atoms with Gasteiger partial charge in [-0.3, -0.25) is 0 Å². The molecule has 0 bridgehead atoms. The van der Waals surface area contributed by atoms with E-state index in [4.69, 9.17) is 14.5 Å². The fraction of sp³-hybridized carbons (Fsp3) is 0.321. The minimum atomic E-state index is 0.411. The first-order chi connectivity index (χ1) is 15.6. The van der Waals surface area contributed by atoms with Gasteiger partial charge in [0.15, 0.2) is 0 Å². The summed E-state index contributed by atoms with van der Waals surface area (Å²) in [5.74, 6) is 3.25. The quantitative estimate of drug-likeness (QED) is 0.258. The van der Waals surface area contributed by atoms with Crippen molar-refractivity contribution in [3.63, 3.8) is 0 Å². The topological polar surface area (TPSA) is 36.3 Å². The number of imidazole rings is 1. The van der Waals surface area contributed by atoms with Crippen molar-refractivity contribution >= 4 is 11.0 Å². The molecule has 1 aromatic heterocycles. The van der Waals surface area contributed by atoms with Gasteiger partial charge >= 0.3 is 0 Å². The summed E-state index contributed by atoms with van der Waals surface area (Å²) in [5, 5.41) is 0. The monoisotopic (exact) mass is 428 g/mol. The van der Waals surface area contributed by atoms with Gasteiger partial charge in [0, 0.05) is 6.54 Å². The number of para-hydroxylation sites is 3. The molecule has 0 N–H and O–H groups in total. The lowest BCUT2D eigenvalue weighted by Crippen LogP contribution is -2.09. The molecule has 0 saturated heterocycles. The van der Waals surface area contributed by atoms with Crippen LogP contribution in [0.2, 0.25) is 0 Å². The Morgan fingerprint density at radius 3 is 2.47 bits per heavy atom. The van der Waals surface area contributed by atoms with Crippen LogP contribution in [0.5, 0.6) is 11.5 Å². The number of aromatic nitrogens is 2. The lowest BCUT2D eigenvalue weighted by atomic mass is 10.0. The van der Waals surface area contributed by atoms with Crippen molar-refractivity contribution in [3.05, 3.63) is 89.7 Å². The molecular formula is C28H32N2O2. The lowest BCUT2D eigenvalue weighted by molar-refractivity contribution is 0.282. The van der Waals surface area contributed by atoms with Gasteiger partial charge in [-0.15, -0.1) is 0 Å². The van der Waals surface area contributed by atoms with Crippen molar-refractivity contribution in [3.8, 4) is 11.5 Å². The van der Waals surface area contributed by atoms with Gasteiger partial charge in [0.05, 0.1) is 17.6 Å². The zero-order chi connectivity index (χ0) is 22.3. The SMILES string of the molecule is Cc1ccc(C(C)C)c(OCc2nc3ccccc3n2CCCCOc2ccccc2)c1. The summed E-state index contributed by atoms with van der Waals surface area (Å²) in [5.41, 5.74) is 4.61. The molecule has 0 unspecified atom stereocenters. The molecule has 0 aliphatic heterocycles. The molecule has 166 valence electrons. The van der Waals surface area contributed by atoms with Crippen molar-refractivity contribution in [1.29, 1.82) is 0 Å². The highest BCUT2D eigenvalue weighted by molar-refractivity contribution is 5.75. The predicted molar refractivity (Wildman–Crippen MR) is 131 cm³/mol. The molecule has 0 amide bonds. The number of benzene rings is 3. The lowest BCUT2D eigenvalue weighted by Gasteiger charge is -2.16. The van der Waals surface area contributed by atoms with Gasteiger partial charge in [0.1, 0.15) is 23.9 Å². The fourth-order valence-corrected chi connectivity index (χ4v) is 3.95. The maximum Gasteiger partial charge on any atom is 0.147 e. The molecule has 0 aliphatic rings. The predicted octanol–water partition coefficient (Wildman–Crippen LogP) is 6.91. The third-order valence-electron chi connectivity index (χ3n) is 5.67. The summed E-state index contributed by atoms with van der Waals surface area (Å²) in [7, 11) is 0. The Hall–Kier alpha value is -3.27. The average molecular weight is 429 g/mol. The van der Waals surface area contributed by atoms with E-state index in [2.05, 4.69) is 61.7 Å². The molecule has 0 aliphatic carbocycles. The van der Waals surface area contributed by atoms with E-state index in [-0.39, 0.29) is 0 Å². The van der Waals surface area contributed by atoms with Gasteiger partial charge in [-0.25, -0.2) is 4.98 Å². The fourth-order valence-electron chi connectivity index (χ4n) is 3.95. The number of hydrogen-bond donors (Lipinski definition) is 0. The number of fused-ring (bicyclic) bond motifs is 1. The second kappa shape index (κ2) is 10.4. The van der Waals surface area contributed by atoms with Gasteiger partial charge in [0.25, 0.3) is 0 Å². The van der Waals surface area contributed by atoms with E-state index in [0.717, 1.165) is 47.7 Å². The highest BCUT2D eigenvalue weighted by Gasteiger charge is 2.13. The van der Waals surface area contributed by atoms with E-state index in [9.17, 15) is 0 Å². The number of aryl methyl sites for hydroxylation is 2. The van der Waals surface area contributed by atoms with Crippen LogP contribution in [-0.2, 0) is 13.2 Å². The Morgan fingerprint density at radius 1 is 0.875 bits per heavy atom. The summed E-state index contributed by atoms with van der Waals surface area (Å²) < 4.78 is 14.5. The molecule has 32 heavy (non-hydrogen) atoms. The Balaban J connectivity index is 1.44. The van der Waals surface area contributed by atoms with Crippen LogP contribution >= 0.6 is 0 Å². The van der Waals surface area contributed by atoms with Crippen LogP contribution < -0.4 is 9.47 Å². The molecule has 4 aromatic rings. The first kappa shape index (κ1) is 21.9. The van der Waals surface area contributed by atoms with E-state index < -0.39 is 0 Å². The molecule has 1 heterocycles. The summed E-state index contributed by atoms with van der Waals surface area (Å²) >= 11 is 0. The Morgan fingerprint density at radius 2 is 1.66 bits per heavy atom. The second-order valence-electron chi connectivity index (χ2n) is 8.52. The van der Waals surface area contributed by atoms with Crippen LogP contribution in [-0.4, -0.2) is 16.2 Å². The Kier molecular flexibility index (Phi) is 7.10. The van der Waals surface area contributed by atoms with E-state index in [1.807, 2.05) is 36.4 Å². The molecule has 0 atom stereocenters. The number of rotatable bonds is 10. The average Bonchev–Trinajstić information content (AvgIpc) is 3.15. The second-order valence-corrected chi connectivity index (χ2v) is 8.52. The molecule has 0 radical (unpaired) electrons. The molecule has 3 aromatic carbocycles. The van der Waals surface area contributed by atoms with Gasteiger partial charge in [-0.1, -0.05) is 56.3 Å². The number of unbranched alkanes of at least 4 members (excludes halogenated alkanes) is 1. The van der Waals surface area contributed by atoms with Gasteiger partial charge in [0.2, 0.25) is 0 Å². The summed E-state index contributed by atoms with van der Waals surface area (Å²) in [4.78, 5) is 4.88. The van der Waals surface area contributed by atoms with Crippen molar-refractivity contribution in [1.82, 2.24) is 9.55 Å². The molecule has 0 spiro atoms. The van der Waals surface area contributed by atoms with Crippen LogP contribution in [0, 0.1) is 6.92 Å². The highest BCUT2D eigenvalue weighted by atomic mass is 16.5. The maximum atomic E-state index is 6.31. The molecule has 4 rings (SSSR count). The highest BCUT2D eigenvalue weighted by Crippen LogP contribution is 2.28. The van der Waals surface area contributed by atoms with E-state index in [1.165, 1.54) is 11.1 Å². The summed E-state index contributed by atoms with van der Waals surface area (Å²) in [6.07, 6.45) is 2.00. The molecule has 4 nitrogen and oxygen atoms in total. The van der Waals surface area contributed by atoms with Crippen LogP contribution in [0.3, 0.4) is 0 Å². The van der Waals surface area contributed by atoms with Crippen molar-refractivity contribution < 1.29 is 9.47 Å². The molecule has 0 saturated carbocycles. The normalized spacial score (nSPS) is 11.2. The minimum absolute atomic E-state index is 0.411. The van der Waals surface area contributed by atoms with Crippen LogP contribution in [0.4, 0.5) is 0 Å². The van der Waals surface area contributed by atoms with Crippen LogP contribution in [0.1, 0.15) is 49.6 Å². The van der Waals surface area contributed by atoms with Crippen molar-refractivity contribution in [2.45, 2.75) is 52.7 Å². The third kappa shape index (κ3) is 5.31. The van der Waals surface area contributed by atoms with Crippen LogP contribution in [0.15, 0.2) is 72.8 Å². The third-order valence-corrected chi connectivity index (χ3v) is 5.67. The van der Waals surface area contributed by atoms with Crippen LogP contribution in [0.25, 0.3) is 11.0 Å². The summed E-state index contributed by atoms with van der Waals surface area (Å²) in [6.45, 7) is 8.56. The minimum Gasteiger partial charge on any atom is -0.494 e. The Labute approximate surface area is 190 Å². The zero-order valence-electron chi connectivity index (χ0n) is 19.3. The first-order valence-corrected chi connectivity index (χ1v) is 11.5. The van der Waals surface area contributed by atoms with Gasteiger partial charge < -0.3 is 14.0 Å².